The number of aromatic nitrogens is 1. The molecule has 18 heavy (non-hydrogen) atoms. The van der Waals surface area contributed by atoms with Crippen molar-refractivity contribution in [3.63, 3.8) is 0 Å². The SMILES string of the molecule is Cn1cc(Cl)cc1C(=O)N1CC2CCC(N)C2C1. The summed E-state index contributed by atoms with van der Waals surface area (Å²) in [4.78, 5) is 14.4. The van der Waals surface area contributed by atoms with E-state index >= 15 is 0 Å². The van der Waals surface area contributed by atoms with Crippen LogP contribution >= 0.6 is 11.6 Å². The summed E-state index contributed by atoms with van der Waals surface area (Å²) in [6, 6.07) is 2.00. The Morgan fingerprint density at radius 2 is 2.22 bits per heavy atom. The Labute approximate surface area is 112 Å². The minimum Gasteiger partial charge on any atom is -0.345 e. The summed E-state index contributed by atoms with van der Waals surface area (Å²) in [5.41, 5.74) is 6.75. The first-order valence-corrected chi connectivity index (χ1v) is 6.81. The van der Waals surface area contributed by atoms with Crippen LogP contribution in [0.1, 0.15) is 23.3 Å². The lowest BCUT2D eigenvalue weighted by molar-refractivity contribution is 0.0770. The average molecular weight is 268 g/mol. The number of likely N-dealkylation sites (tertiary alicyclic amines) is 1. The topological polar surface area (TPSA) is 51.3 Å². The van der Waals surface area contributed by atoms with Crippen molar-refractivity contribution in [3.05, 3.63) is 23.0 Å². The van der Waals surface area contributed by atoms with Crippen LogP contribution in [0.25, 0.3) is 0 Å². The normalized spacial score (nSPS) is 30.8. The van der Waals surface area contributed by atoms with E-state index in [1.807, 2.05) is 11.9 Å². The van der Waals surface area contributed by atoms with Crippen molar-refractivity contribution < 1.29 is 4.79 Å². The molecule has 3 rings (SSSR count). The molecule has 1 aromatic rings. The van der Waals surface area contributed by atoms with Crippen LogP contribution in [0.2, 0.25) is 5.02 Å². The first-order chi connectivity index (χ1) is 8.56. The average Bonchev–Trinajstić information content (AvgIpc) is 2.96. The number of nitrogens with two attached hydrogens (primary N) is 1. The highest BCUT2D eigenvalue weighted by molar-refractivity contribution is 6.31. The molecule has 1 saturated carbocycles. The molecule has 3 atom stereocenters. The summed E-state index contributed by atoms with van der Waals surface area (Å²) in [5, 5.41) is 0.608. The largest absolute Gasteiger partial charge is 0.345 e. The van der Waals surface area contributed by atoms with Gasteiger partial charge in [-0.1, -0.05) is 11.6 Å². The summed E-state index contributed by atoms with van der Waals surface area (Å²) in [5.74, 6) is 1.16. The van der Waals surface area contributed by atoms with Gasteiger partial charge in [-0.3, -0.25) is 4.79 Å². The number of hydrogen-bond acceptors (Lipinski definition) is 2. The fourth-order valence-electron chi connectivity index (χ4n) is 3.37. The van der Waals surface area contributed by atoms with E-state index in [0.717, 1.165) is 25.9 Å². The van der Waals surface area contributed by atoms with Crippen LogP contribution in [-0.2, 0) is 7.05 Å². The van der Waals surface area contributed by atoms with Crippen LogP contribution in [0, 0.1) is 11.8 Å². The Kier molecular flexibility index (Phi) is 2.87. The third-order valence-electron chi connectivity index (χ3n) is 4.39. The highest BCUT2D eigenvalue weighted by Crippen LogP contribution is 2.37. The zero-order valence-electron chi connectivity index (χ0n) is 10.5. The molecule has 1 aliphatic heterocycles. The molecular weight excluding hydrogens is 250 g/mol. The van der Waals surface area contributed by atoms with Crippen LogP contribution in [0.15, 0.2) is 12.3 Å². The number of amides is 1. The molecule has 2 aliphatic rings. The standard InChI is InChI=1S/C13H18ClN3O/c1-16-6-9(14)4-12(16)13(18)17-5-8-2-3-11(15)10(8)7-17/h4,6,8,10-11H,2-3,5,7,15H2,1H3. The molecule has 0 spiro atoms. The molecule has 2 N–H and O–H groups in total. The number of aryl methyl sites for hydroxylation is 1. The number of nitrogens with zero attached hydrogens (tertiary/aromatic N) is 2. The van der Waals surface area contributed by atoms with Gasteiger partial charge in [0.15, 0.2) is 0 Å². The molecule has 3 unspecified atom stereocenters. The Bertz CT molecular complexity index is 485. The highest BCUT2D eigenvalue weighted by atomic mass is 35.5. The van der Waals surface area contributed by atoms with E-state index in [-0.39, 0.29) is 11.9 Å². The summed E-state index contributed by atoms with van der Waals surface area (Å²) < 4.78 is 1.79. The molecule has 1 aromatic heterocycles. The molecule has 2 fully saturated rings. The predicted molar refractivity (Wildman–Crippen MR) is 70.5 cm³/mol. The van der Waals surface area contributed by atoms with Crippen LogP contribution in [-0.4, -0.2) is 34.5 Å². The molecule has 4 nitrogen and oxygen atoms in total. The summed E-state index contributed by atoms with van der Waals surface area (Å²) in [7, 11) is 1.85. The maximum atomic E-state index is 12.4. The van der Waals surface area contributed by atoms with Crippen LogP contribution in [0.4, 0.5) is 0 Å². The third kappa shape index (κ3) is 1.84. The second-order valence-electron chi connectivity index (χ2n) is 5.53. The first kappa shape index (κ1) is 12.1. The van der Waals surface area contributed by atoms with Gasteiger partial charge in [0, 0.05) is 32.4 Å². The fourth-order valence-corrected chi connectivity index (χ4v) is 3.62. The highest BCUT2D eigenvalue weighted by Gasteiger charge is 2.42. The Morgan fingerprint density at radius 3 is 2.83 bits per heavy atom. The fraction of sp³-hybridized carbons (Fsp3) is 0.615. The van der Waals surface area contributed by atoms with Gasteiger partial charge in [-0.15, -0.1) is 0 Å². The maximum Gasteiger partial charge on any atom is 0.270 e. The van der Waals surface area contributed by atoms with Gasteiger partial charge in [-0.2, -0.15) is 0 Å². The van der Waals surface area contributed by atoms with Crippen molar-refractivity contribution in [3.8, 4) is 0 Å². The number of halogens is 1. The third-order valence-corrected chi connectivity index (χ3v) is 4.60. The number of fused-ring (bicyclic) bond motifs is 1. The lowest BCUT2D eigenvalue weighted by Gasteiger charge is -2.18. The minimum absolute atomic E-state index is 0.0750. The van der Waals surface area contributed by atoms with E-state index in [9.17, 15) is 4.79 Å². The lowest BCUT2D eigenvalue weighted by Crippen LogP contribution is -2.34. The second-order valence-corrected chi connectivity index (χ2v) is 5.97. The van der Waals surface area contributed by atoms with Crippen molar-refractivity contribution >= 4 is 17.5 Å². The molecule has 1 saturated heterocycles. The van der Waals surface area contributed by atoms with Gasteiger partial charge >= 0.3 is 0 Å². The molecule has 0 aromatic carbocycles. The van der Waals surface area contributed by atoms with E-state index < -0.39 is 0 Å². The van der Waals surface area contributed by atoms with E-state index in [4.69, 9.17) is 17.3 Å². The van der Waals surface area contributed by atoms with E-state index in [2.05, 4.69) is 0 Å². The van der Waals surface area contributed by atoms with Crippen molar-refractivity contribution in [2.24, 2.45) is 24.6 Å². The second kappa shape index (κ2) is 4.28. The van der Waals surface area contributed by atoms with Gasteiger partial charge < -0.3 is 15.2 Å². The quantitative estimate of drug-likeness (QED) is 0.838. The van der Waals surface area contributed by atoms with Crippen molar-refractivity contribution in [1.82, 2.24) is 9.47 Å². The van der Waals surface area contributed by atoms with Crippen molar-refractivity contribution in [2.45, 2.75) is 18.9 Å². The first-order valence-electron chi connectivity index (χ1n) is 6.43. The Hall–Kier alpha value is -1.00. The van der Waals surface area contributed by atoms with Crippen LogP contribution in [0.5, 0.6) is 0 Å². The number of carbonyl (C=O) groups is 1. The Morgan fingerprint density at radius 1 is 1.44 bits per heavy atom. The van der Waals surface area contributed by atoms with Crippen LogP contribution < -0.4 is 5.73 Å². The van der Waals surface area contributed by atoms with E-state index in [0.29, 0.717) is 22.6 Å². The van der Waals surface area contributed by atoms with Crippen LogP contribution in [0.3, 0.4) is 0 Å². The van der Waals surface area contributed by atoms with Crippen molar-refractivity contribution in [1.29, 1.82) is 0 Å². The zero-order valence-corrected chi connectivity index (χ0v) is 11.2. The molecule has 98 valence electrons. The van der Waals surface area contributed by atoms with Crippen molar-refractivity contribution in [2.75, 3.05) is 13.1 Å². The smallest absolute Gasteiger partial charge is 0.270 e. The molecule has 0 bridgehead atoms. The van der Waals surface area contributed by atoms with Gasteiger partial charge in [0.25, 0.3) is 5.91 Å². The zero-order chi connectivity index (χ0) is 12.9. The summed E-state index contributed by atoms with van der Waals surface area (Å²) >= 11 is 5.92. The van der Waals surface area contributed by atoms with Gasteiger partial charge in [0.2, 0.25) is 0 Å². The molecule has 5 heteroatoms. The van der Waals surface area contributed by atoms with Gasteiger partial charge in [0.1, 0.15) is 5.69 Å². The molecular formula is C13H18ClN3O. The number of hydrogen-bond donors (Lipinski definition) is 1. The van der Waals surface area contributed by atoms with Gasteiger partial charge in [-0.05, 0) is 30.7 Å². The molecule has 0 radical (unpaired) electrons. The van der Waals surface area contributed by atoms with Gasteiger partial charge in [0.05, 0.1) is 5.02 Å². The molecule has 2 heterocycles. The predicted octanol–water partition coefficient (Wildman–Crippen LogP) is 1.49. The minimum atomic E-state index is 0.0750. The van der Waals surface area contributed by atoms with Gasteiger partial charge in [-0.25, -0.2) is 0 Å². The van der Waals surface area contributed by atoms with E-state index in [1.54, 1.807) is 16.8 Å². The van der Waals surface area contributed by atoms with E-state index in [1.165, 1.54) is 0 Å². The monoisotopic (exact) mass is 267 g/mol. The maximum absolute atomic E-state index is 12.4. The summed E-state index contributed by atoms with van der Waals surface area (Å²) in [6.07, 6.45) is 4.02. The number of rotatable bonds is 1. The Balaban J connectivity index is 1.77. The summed E-state index contributed by atoms with van der Waals surface area (Å²) in [6.45, 7) is 1.65. The molecule has 1 aliphatic carbocycles. The number of carbonyl (C=O) groups excluding carboxylic acids is 1. The molecule has 1 amide bonds. The lowest BCUT2D eigenvalue weighted by atomic mass is 9.98.